The van der Waals surface area contributed by atoms with Crippen molar-refractivity contribution in [3.63, 3.8) is 0 Å². The minimum absolute atomic E-state index is 0.252. The summed E-state index contributed by atoms with van der Waals surface area (Å²) in [6, 6.07) is 51.5. The van der Waals surface area contributed by atoms with Crippen LogP contribution >= 0.6 is 0 Å². The Morgan fingerprint density at radius 2 is 0.718 bits per heavy atom. The van der Waals surface area contributed by atoms with E-state index in [9.17, 15) is 8.78 Å². The Bertz CT molecular complexity index is 1700. The van der Waals surface area contributed by atoms with E-state index < -0.39 is 8.07 Å². The van der Waals surface area contributed by atoms with E-state index in [0.717, 1.165) is 37.8 Å². The average Bonchev–Trinajstić information content (AvgIpc) is 2.99. The largest absolute Gasteiger partial charge is 0.207 e. The zero-order valence-corrected chi connectivity index (χ0v) is 22.3. The maximum absolute atomic E-state index is 14.8. The van der Waals surface area contributed by atoms with E-state index in [-0.39, 0.29) is 11.6 Å². The lowest BCUT2D eigenvalue weighted by atomic mass is 10.1. The van der Waals surface area contributed by atoms with E-state index in [1.54, 1.807) is 24.3 Å². The van der Waals surface area contributed by atoms with Gasteiger partial charge >= 0.3 is 0 Å². The summed E-state index contributed by atoms with van der Waals surface area (Å²) in [5, 5.41) is 4.44. The van der Waals surface area contributed by atoms with Gasteiger partial charge in [0.05, 0.1) is 0 Å². The summed E-state index contributed by atoms with van der Waals surface area (Å²) in [5.41, 5.74) is 4.05. The van der Waals surface area contributed by atoms with Crippen molar-refractivity contribution in [2.24, 2.45) is 0 Å². The average molecular weight is 525 g/mol. The Morgan fingerprint density at radius 3 is 1.28 bits per heavy atom. The van der Waals surface area contributed by atoms with Crippen molar-refractivity contribution in [3.05, 3.63) is 169 Å². The third kappa shape index (κ3) is 4.73. The Labute approximate surface area is 228 Å². The van der Waals surface area contributed by atoms with Crippen LogP contribution in [0.25, 0.3) is 22.3 Å². The van der Waals surface area contributed by atoms with Gasteiger partial charge in [-0.25, -0.2) is 8.78 Å². The van der Waals surface area contributed by atoms with Crippen LogP contribution in [0.4, 0.5) is 8.78 Å². The van der Waals surface area contributed by atoms with Crippen molar-refractivity contribution in [2.75, 3.05) is 0 Å². The monoisotopic (exact) mass is 524 g/mol. The predicted molar refractivity (Wildman–Crippen MR) is 161 cm³/mol. The normalized spacial score (nSPS) is 12.6. The first-order valence-electron chi connectivity index (χ1n) is 13.0. The van der Waals surface area contributed by atoms with Crippen molar-refractivity contribution >= 4 is 28.8 Å². The van der Waals surface area contributed by atoms with Gasteiger partial charge in [0.1, 0.15) is 11.6 Å². The molecule has 0 saturated carbocycles. The third-order valence-corrected chi connectivity index (χ3v) is 12.1. The molecule has 1 atom stereocenters. The molecule has 3 heteroatoms. The molecule has 1 unspecified atom stereocenters. The molecule has 0 spiro atoms. The fourth-order valence-electron chi connectivity index (χ4n) is 5.53. The number of hydrogen-bond acceptors (Lipinski definition) is 0. The Balaban J connectivity index is 1.59. The van der Waals surface area contributed by atoms with Gasteiger partial charge in [-0.3, -0.25) is 0 Å². The van der Waals surface area contributed by atoms with Gasteiger partial charge in [0.2, 0.25) is 0 Å². The Hall–Kier alpha value is -4.60. The van der Waals surface area contributed by atoms with Gasteiger partial charge in [0, 0.05) is 0 Å². The first-order valence-corrected chi connectivity index (χ1v) is 15.0. The molecule has 0 N–H and O–H groups in total. The SMILES string of the molecule is Fc1cccc(-c2ccc([Si](c3ccccc3)(c3ccc(-c4ccccc4)cc3)c3cccc(F)c3)cc2)c1. The van der Waals surface area contributed by atoms with Crippen molar-refractivity contribution < 1.29 is 8.78 Å². The molecule has 6 rings (SSSR count). The van der Waals surface area contributed by atoms with E-state index >= 15 is 0 Å². The van der Waals surface area contributed by atoms with Crippen LogP contribution in [0.5, 0.6) is 0 Å². The topological polar surface area (TPSA) is 0 Å². The molecule has 0 aliphatic heterocycles. The molecule has 188 valence electrons. The third-order valence-electron chi connectivity index (χ3n) is 7.37. The second kappa shape index (κ2) is 10.6. The summed E-state index contributed by atoms with van der Waals surface area (Å²) in [5.74, 6) is -0.513. The van der Waals surface area contributed by atoms with Gasteiger partial charge in [-0.2, -0.15) is 0 Å². The number of rotatable bonds is 6. The molecule has 0 aliphatic carbocycles. The van der Waals surface area contributed by atoms with Gasteiger partial charge in [-0.1, -0.05) is 133 Å². The highest BCUT2D eigenvalue weighted by Crippen LogP contribution is 2.22. The van der Waals surface area contributed by atoms with Crippen molar-refractivity contribution in [3.8, 4) is 22.3 Å². The molecular formula is C36H26F2Si. The highest BCUT2D eigenvalue weighted by molar-refractivity contribution is 7.19. The van der Waals surface area contributed by atoms with E-state index in [1.165, 1.54) is 17.3 Å². The fourth-order valence-corrected chi connectivity index (χ4v) is 10.3. The van der Waals surface area contributed by atoms with Crippen LogP contribution in [0.3, 0.4) is 0 Å². The van der Waals surface area contributed by atoms with Crippen LogP contribution in [0.15, 0.2) is 158 Å². The molecule has 0 aliphatic rings. The molecule has 0 bridgehead atoms. The number of hydrogen-bond donors (Lipinski definition) is 0. The molecule has 39 heavy (non-hydrogen) atoms. The van der Waals surface area contributed by atoms with Crippen molar-refractivity contribution in [1.82, 2.24) is 0 Å². The quantitative estimate of drug-likeness (QED) is 0.169. The van der Waals surface area contributed by atoms with Crippen molar-refractivity contribution in [1.29, 1.82) is 0 Å². The van der Waals surface area contributed by atoms with Gasteiger partial charge in [-0.15, -0.1) is 0 Å². The van der Waals surface area contributed by atoms with Crippen LogP contribution in [0.1, 0.15) is 0 Å². The highest BCUT2D eigenvalue weighted by atomic mass is 28.3. The lowest BCUT2D eigenvalue weighted by molar-refractivity contribution is 0.628. The van der Waals surface area contributed by atoms with Crippen LogP contribution < -0.4 is 20.7 Å². The lowest BCUT2D eigenvalue weighted by Crippen LogP contribution is -2.74. The first-order chi connectivity index (χ1) is 19.1. The maximum Gasteiger partial charge on any atom is 0.179 e. The Morgan fingerprint density at radius 1 is 0.308 bits per heavy atom. The summed E-state index contributed by atoms with van der Waals surface area (Å²) < 4.78 is 28.8. The first kappa shape index (κ1) is 24.7. The molecule has 0 nitrogen and oxygen atoms in total. The molecular weight excluding hydrogens is 498 g/mol. The minimum Gasteiger partial charge on any atom is -0.207 e. The highest BCUT2D eigenvalue weighted by Gasteiger charge is 2.41. The molecule has 0 amide bonds. The lowest BCUT2D eigenvalue weighted by Gasteiger charge is -2.34. The van der Waals surface area contributed by atoms with Gasteiger partial charge < -0.3 is 0 Å². The molecule has 6 aromatic rings. The van der Waals surface area contributed by atoms with Crippen molar-refractivity contribution in [2.45, 2.75) is 0 Å². The number of benzene rings is 6. The molecule has 0 saturated heterocycles. The van der Waals surface area contributed by atoms with E-state index in [1.807, 2.05) is 48.5 Å². The van der Waals surface area contributed by atoms with Crippen LogP contribution in [-0.4, -0.2) is 8.07 Å². The van der Waals surface area contributed by atoms with Gasteiger partial charge in [-0.05, 0) is 67.3 Å². The summed E-state index contributed by atoms with van der Waals surface area (Å²) >= 11 is 0. The van der Waals surface area contributed by atoms with Crippen LogP contribution in [0, 0.1) is 11.6 Å². The summed E-state index contributed by atoms with van der Waals surface area (Å²) in [6.07, 6.45) is 0. The molecule has 0 heterocycles. The standard InChI is InChI=1S/C36H26F2Si/c37-31-12-7-11-30(25-31)29-19-23-35(24-20-29)39(33-14-5-2-6-15-33,36-16-8-13-32(38)26-36)34-21-17-28(18-22-34)27-9-3-1-4-10-27/h1-26H. The molecule has 0 radical (unpaired) electrons. The number of halogens is 2. The molecule has 0 aromatic heterocycles. The molecule has 0 fully saturated rings. The second-order valence-electron chi connectivity index (χ2n) is 9.66. The van der Waals surface area contributed by atoms with Gasteiger partial charge in [0.15, 0.2) is 8.07 Å². The second-order valence-corrected chi connectivity index (χ2v) is 13.5. The van der Waals surface area contributed by atoms with E-state index in [0.29, 0.717) is 0 Å². The zero-order chi connectivity index (χ0) is 26.7. The maximum atomic E-state index is 14.8. The Kier molecular flexibility index (Phi) is 6.74. The van der Waals surface area contributed by atoms with Gasteiger partial charge in [0.25, 0.3) is 0 Å². The predicted octanol–water partition coefficient (Wildman–Crippen LogP) is 6.68. The fraction of sp³-hybridized carbons (Fsp3) is 0. The zero-order valence-electron chi connectivity index (χ0n) is 21.3. The summed E-state index contributed by atoms with van der Waals surface area (Å²) in [6.45, 7) is 0. The van der Waals surface area contributed by atoms with Crippen LogP contribution in [-0.2, 0) is 0 Å². The minimum atomic E-state index is -2.90. The van der Waals surface area contributed by atoms with E-state index in [4.69, 9.17) is 0 Å². The smallest absolute Gasteiger partial charge is 0.179 e. The molecule has 6 aromatic carbocycles. The van der Waals surface area contributed by atoms with E-state index in [2.05, 4.69) is 72.8 Å². The summed E-state index contributed by atoms with van der Waals surface area (Å²) in [7, 11) is -2.90. The summed E-state index contributed by atoms with van der Waals surface area (Å²) in [4.78, 5) is 0. The van der Waals surface area contributed by atoms with Crippen LogP contribution in [0.2, 0.25) is 0 Å².